The molecule has 0 unspecified atom stereocenters. The number of aryl methyl sites for hydroxylation is 1. The van der Waals surface area contributed by atoms with Crippen LogP contribution >= 0.6 is 0 Å². The van der Waals surface area contributed by atoms with Gasteiger partial charge in [0.1, 0.15) is 0 Å². The Hall–Kier alpha value is -1.13. The summed E-state index contributed by atoms with van der Waals surface area (Å²) in [6, 6.07) is 0.299. The predicted octanol–water partition coefficient (Wildman–Crippen LogP) is 0.575. The average Bonchev–Trinajstić information content (AvgIpc) is 2.72. The number of hydrogen-bond donors (Lipinski definition) is 0. The van der Waals surface area contributed by atoms with E-state index in [2.05, 4.69) is 10.4 Å². The van der Waals surface area contributed by atoms with Gasteiger partial charge >= 0.3 is 5.69 Å². The Morgan fingerprint density at radius 2 is 2.08 bits per heavy atom. The minimum atomic E-state index is -0.0607. The Morgan fingerprint density at radius 3 is 2.62 bits per heavy atom. The fourth-order valence-corrected chi connectivity index (χ4v) is 1.86. The van der Waals surface area contributed by atoms with Gasteiger partial charge in [-0.2, -0.15) is 9.36 Å². The summed E-state index contributed by atoms with van der Waals surface area (Å²) in [4.78, 5) is 11.6. The number of aromatic nitrogens is 4. The summed E-state index contributed by atoms with van der Waals surface area (Å²) in [5.74, 6) is 0. The van der Waals surface area contributed by atoms with Crippen LogP contribution in [0.5, 0.6) is 0 Å². The van der Waals surface area contributed by atoms with E-state index in [1.54, 1.807) is 0 Å². The average molecular weight is 182 g/mol. The van der Waals surface area contributed by atoms with Crippen LogP contribution < -0.4 is 5.69 Å². The first kappa shape index (κ1) is 8.47. The molecule has 0 atom stereocenters. The first-order valence-electron chi connectivity index (χ1n) is 4.85. The standard InChI is InChI=1S/C8H14N4O/c1-2-11-8(13)12(10-9-11)7-5-3-4-6-7/h7H,2-6H2,1H3. The quantitative estimate of drug-likeness (QED) is 0.672. The minimum absolute atomic E-state index is 0.0607. The van der Waals surface area contributed by atoms with Gasteiger partial charge in [0.15, 0.2) is 0 Å². The molecular weight excluding hydrogens is 168 g/mol. The molecule has 0 amide bonds. The molecule has 5 heteroatoms. The van der Waals surface area contributed by atoms with Crippen molar-refractivity contribution in [2.75, 3.05) is 0 Å². The second-order valence-corrected chi connectivity index (χ2v) is 3.46. The summed E-state index contributed by atoms with van der Waals surface area (Å²) in [7, 11) is 0. The van der Waals surface area contributed by atoms with Crippen LogP contribution in [0.1, 0.15) is 38.6 Å². The molecule has 1 aliphatic rings. The molecule has 0 bridgehead atoms. The first-order chi connectivity index (χ1) is 6.33. The molecule has 1 aromatic heterocycles. The van der Waals surface area contributed by atoms with Gasteiger partial charge in [0, 0.05) is 6.54 Å². The molecule has 2 rings (SSSR count). The number of tetrazole rings is 1. The lowest BCUT2D eigenvalue weighted by Gasteiger charge is -2.04. The zero-order valence-corrected chi connectivity index (χ0v) is 7.81. The van der Waals surface area contributed by atoms with Crippen LogP contribution in [0.25, 0.3) is 0 Å². The second kappa shape index (κ2) is 3.32. The van der Waals surface area contributed by atoms with E-state index in [1.807, 2.05) is 6.92 Å². The summed E-state index contributed by atoms with van der Waals surface area (Å²) < 4.78 is 2.94. The summed E-state index contributed by atoms with van der Waals surface area (Å²) in [6.45, 7) is 2.50. The summed E-state index contributed by atoms with van der Waals surface area (Å²) in [6.07, 6.45) is 4.55. The van der Waals surface area contributed by atoms with E-state index in [0.29, 0.717) is 12.6 Å². The fraction of sp³-hybridized carbons (Fsp3) is 0.875. The van der Waals surface area contributed by atoms with Crippen LogP contribution in [0.3, 0.4) is 0 Å². The zero-order valence-electron chi connectivity index (χ0n) is 7.81. The van der Waals surface area contributed by atoms with Gasteiger partial charge in [-0.1, -0.05) is 12.8 Å². The predicted molar refractivity (Wildman–Crippen MR) is 47.5 cm³/mol. The largest absolute Gasteiger partial charge is 0.363 e. The molecule has 1 saturated carbocycles. The van der Waals surface area contributed by atoms with Gasteiger partial charge in [0.2, 0.25) is 0 Å². The third-order valence-corrected chi connectivity index (χ3v) is 2.63. The van der Waals surface area contributed by atoms with Gasteiger partial charge in [-0.05, 0) is 30.2 Å². The second-order valence-electron chi connectivity index (χ2n) is 3.46. The highest BCUT2D eigenvalue weighted by Gasteiger charge is 2.20. The molecule has 1 aromatic rings. The Labute approximate surface area is 76.3 Å². The molecule has 1 fully saturated rings. The lowest BCUT2D eigenvalue weighted by atomic mass is 10.3. The van der Waals surface area contributed by atoms with E-state index in [9.17, 15) is 4.79 Å². The van der Waals surface area contributed by atoms with Gasteiger partial charge in [0.25, 0.3) is 0 Å². The summed E-state index contributed by atoms with van der Waals surface area (Å²) in [5, 5.41) is 7.68. The van der Waals surface area contributed by atoms with E-state index in [4.69, 9.17) is 0 Å². The van der Waals surface area contributed by atoms with Crippen LogP contribution in [-0.2, 0) is 6.54 Å². The molecule has 0 aliphatic heterocycles. The summed E-state index contributed by atoms with van der Waals surface area (Å²) >= 11 is 0. The highest BCUT2D eigenvalue weighted by Crippen LogP contribution is 2.26. The van der Waals surface area contributed by atoms with Crippen molar-refractivity contribution in [3.8, 4) is 0 Å². The normalized spacial score (nSPS) is 18.2. The number of nitrogens with zero attached hydrogens (tertiary/aromatic N) is 4. The summed E-state index contributed by atoms with van der Waals surface area (Å²) in [5.41, 5.74) is -0.0607. The zero-order chi connectivity index (χ0) is 9.26. The van der Waals surface area contributed by atoms with Crippen molar-refractivity contribution in [3.63, 3.8) is 0 Å². The van der Waals surface area contributed by atoms with Crippen LogP contribution in [-0.4, -0.2) is 19.8 Å². The van der Waals surface area contributed by atoms with Gasteiger partial charge in [-0.15, -0.1) is 0 Å². The molecule has 0 spiro atoms. The number of hydrogen-bond acceptors (Lipinski definition) is 3. The van der Waals surface area contributed by atoms with Gasteiger partial charge < -0.3 is 0 Å². The van der Waals surface area contributed by atoms with Crippen molar-refractivity contribution < 1.29 is 0 Å². The number of rotatable bonds is 2. The van der Waals surface area contributed by atoms with Gasteiger partial charge in [-0.3, -0.25) is 0 Å². The maximum absolute atomic E-state index is 11.6. The van der Waals surface area contributed by atoms with E-state index in [1.165, 1.54) is 22.2 Å². The molecule has 1 aliphatic carbocycles. The van der Waals surface area contributed by atoms with Gasteiger partial charge in [0.05, 0.1) is 6.04 Å². The van der Waals surface area contributed by atoms with E-state index in [-0.39, 0.29) is 5.69 Å². The van der Waals surface area contributed by atoms with Crippen LogP contribution in [0.2, 0.25) is 0 Å². The lowest BCUT2D eigenvalue weighted by Crippen LogP contribution is -2.27. The Morgan fingerprint density at radius 1 is 1.38 bits per heavy atom. The molecule has 0 radical (unpaired) electrons. The maximum Gasteiger partial charge on any atom is 0.363 e. The van der Waals surface area contributed by atoms with Crippen molar-refractivity contribution in [1.29, 1.82) is 0 Å². The van der Waals surface area contributed by atoms with Crippen molar-refractivity contribution >= 4 is 0 Å². The SMILES string of the molecule is CCn1nnn(C2CCCC2)c1=O. The Kier molecular flexibility index (Phi) is 2.16. The lowest BCUT2D eigenvalue weighted by molar-refractivity contribution is 0.441. The Balaban J connectivity index is 2.29. The molecule has 72 valence electrons. The van der Waals surface area contributed by atoms with Crippen LogP contribution in [0, 0.1) is 0 Å². The first-order valence-corrected chi connectivity index (χ1v) is 4.85. The van der Waals surface area contributed by atoms with Crippen LogP contribution in [0.4, 0.5) is 0 Å². The smallest absolute Gasteiger partial charge is 0.244 e. The highest BCUT2D eigenvalue weighted by molar-refractivity contribution is 4.73. The van der Waals surface area contributed by atoms with Gasteiger partial charge in [-0.25, -0.2) is 4.79 Å². The maximum atomic E-state index is 11.6. The third kappa shape index (κ3) is 1.38. The van der Waals surface area contributed by atoms with Crippen molar-refractivity contribution in [2.45, 2.75) is 45.2 Å². The minimum Gasteiger partial charge on any atom is -0.244 e. The van der Waals surface area contributed by atoms with Crippen molar-refractivity contribution in [3.05, 3.63) is 10.5 Å². The van der Waals surface area contributed by atoms with Crippen molar-refractivity contribution in [2.24, 2.45) is 0 Å². The highest BCUT2D eigenvalue weighted by atomic mass is 16.2. The van der Waals surface area contributed by atoms with E-state index >= 15 is 0 Å². The molecule has 0 aromatic carbocycles. The molecule has 0 saturated heterocycles. The molecule has 0 N–H and O–H groups in total. The van der Waals surface area contributed by atoms with E-state index in [0.717, 1.165) is 12.8 Å². The third-order valence-electron chi connectivity index (χ3n) is 2.63. The monoisotopic (exact) mass is 182 g/mol. The molecule has 13 heavy (non-hydrogen) atoms. The van der Waals surface area contributed by atoms with Crippen molar-refractivity contribution in [1.82, 2.24) is 19.8 Å². The molecule has 1 heterocycles. The topological polar surface area (TPSA) is 52.7 Å². The molecule has 5 nitrogen and oxygen atoms in total. The van der Waals surface area contributed by atoms with Crippen LogP contribution in [0.15, 0.2) is 4.79 Å². The fourth-order valence-electron chi connectivity index (χ4n) is 1.86. The van der Waals surface area contributed by atoms with E-state index < -0.39 is 0 Å². The molecular formula is C8H14N4O. The Bertz CT molecular complexity index is 334.